The zero-order valence-electron chi connectivity index (χ0n) is 37.9. The molecule has 0 aliphatic carbocycles. The SMILES string of the molecule is c1ccc2c(c1)sc1cc(-n3c4ccccc4c4ccccc43)c(-c3nc(-n4c5ccccc5c5ccccc54)nc(-n4c5ccccc5c5ccccc54)n3)c(-n3c4ccccc4c4ccccc43)c12. The van der Waals surface area contributed by atoms with Crippen LogP contribution in [-0.2, 0) is 0 Å². The van der Waals surface area contributed by atoms with Gasteiger partial charge in [0.25, 0.3) is 0 Å². The lowest BCUT2D eigenvalue weighted by Crippen LogP contribution is -2.12. The number of aromatic nitrogens is 7. The number of para-hydroxylation sites is 8. The average molecular weight is 924 g/mol. The van der Waals surface area contributed by atoms with Gasteiger partial charge in [0.2, 0.25) is 11.9 Å². The number of fused-ring (bicyclic) bond motifs is 15. The van der Waals surface area contributed by atoms with Crippen LogP contribution < -0.4 is 0 Å². The van der Waals surface area contributed by atoms with Crippen molar-refractivity contribution in [3.05, 3.63) is 224 Å². The summed E-state index contributed by atoms with van der Waals surface area (Å²) >= 11 is 1.83. The van der Waals surface area contributed by atoms with Crippen LogP contribution in [0.1, 0.15) is 0 Å². The van der Waals surface area contributed by atoms with Crippen molar-refractivity contribution in [2.75, 3.05) is 0 Å². The smallest absolute Gasteiger partial charge is 0.240 e. The van der Waals surface area contributed by atoms with Gasteiger partial charge in [-0.1, -0.05) is 164 Å². The zero-order valence-corrected chi connectivity index (χ0v) is 38.7. The molecule has 16 aromatic rings. The van der Waals surface area contributed by atoms with E-state index in [1.807, 2.05) is 11.3 Å². The zero-order chi connectivity index (χ0) is 46.3. The summed E-state index contributed by atoms with van der Waals surface area (Å²) in [6, 6.07) is 80.7. The Kier molecular flexibility index (Phi) is 7.92. The molecule has 71 heavy (non-hydrogen) atoms. The van der Waals surface area contributed by atoms with Gasteiger partial charge >= 0.3 is 0 Å². The maximum absolute atomic E-state index is 5.85. The van der Waals surface area contributed by atoms with Crippen molar-refractivity contribution in [2.45, 2.75) is 0 Å². The summed E-state index contributed by atoms with van der Waals surface area (Å²) in [6.45, 7) is 0. The Morgan fingerprint density at radius 2 is 0.592 bits per heavy atom. The molecule has 0 amide bonds. The largest absolute Gasteiger partial charge is 0.308 e. The van der Waals surface area contributed by atoms with Gasteiger partial charge in [-0.3, -0.25) is 9.13 Å². The summed E-state index contributed by atoms with van der Waals surface area (Å²) in [4.78, 5) is 17.3. The Morgan fingerprint density at radius 3 is 0.972 bits per heavy atom. The maximum atomic E-state index is 5.85. The molecule has 0 N–H and O–H groups in total. The third kappa shape index (κ3) is 5.34. The highest BCUT2D eigenvalue weighted by Gasteiger charge is 2.30. The van der Waals surface area contributed by atoms with E-state index in [9.17, 15) is 0 Å². The molecule has 8 heteroatoms. The third-order valence-electron chi connectivity index (χ3n) is 14.6. The molecule has 0 unspecified atom stereocenters. The topological polar surface area (TPSA) is 58.4 Å². The molecule has 0 radical (unpaired) electrons. The van der Waals surface area contributed by atoms with E-state index in [0.29, 0.717) is 17.7 Å². The van der Waals surface area contributed by atoms with E-state index >= 15 is 0 Å². The molecule has 7 nitrogen and oxygen atoms in total. The van der Waals surface area contributed by atoms with Crippen molar-refractivity contribution in [1.29, 1.82) is 0 Å². The summed E-state index contributed by atoms with van der Waals surface area (Å²) < 4.78 is 11.8. The van der Waals surface area contributed by atoms with Gasteiger partial charge in [0, 0.05) is 63.3 Å². The van der Waals surface area contributed by atoms with E-state index < -0.39 is 0 Å². The molecular formula is C63H37N7S. The first-order chi connectivity index (χ1) is 35.3. The summed E-state index contributed by atoms with van der Waals surface area (Å²) in [7, 11) is 0. The van der Waals surface area contributed by atoms with Gasteiger partial charge in [0.1, 0.15) is 0 Å². The van der Waals surface area contributed by atoms with Gasteiger partial charge in [-0.05, 0) is 60.7 Å². The molecule has 0 spiro atoms. The summed E-state index contributed by atoms with van der Waals surface area (Å²) in [6.07, 6.45) is 0. The molecule has 10 aromatic carbocycles. The van der Waals surface area contributed by atoms with E-state index in [1.54, 1.807) is 0 Å². The van der Waals surface area contributed by atoms with Gasteiger partial charge in [0.05, 0.1) is 61.1 Å². The summed E-state index contributed by atoms with van der Waals surface area (Å²) in [5.41, 5.74) is 11.4. The van der Waals surface area contributed by atoms with Crippen LogP contribution >= 0.6 is 11.3 Å². The number of thiophene rings is 1. The minimum Gasteiger partial charge on any atom is -0.308 e. The lowest BCUT2D eigenvalue weighted by atomic mass is 10.0. The molecule has 6 heterocycles. The standard InChI is InChI=1S/C63H37N7S/c1-10-28-47-38(19-1)39-20-2-11-29-48(39)67(47)55-37-57-58(46-27-9-18-36-56(46)71-57)60(68-49-30-12-3-21-40(49)41-22-4-13-31-50(41)68)59(55)61-64-62(69-51-32-14-5-23-42(51)43-24-6-15-33-52(43)69)66-63(65-61)70-53-34-16-7-25-44(53)45-26-8-17-35-54(45)70/h1-37H. The predicted octanol–water partition coefficient (Wildman–Crippen LogP) is 16.3. The highest BCUT2D eigenvalue weighted by atomic mass is 32.1. The number of hydrogen-bond acceptors (Lipinski definition) is 4. The minimum absolute atomic E-state index is 0.529. The van der Waals surface area contributed by atoms with Crippen LogP contribution in [0.5, 0.6) is 0 Å². The number of hydrogen-bond donors (Lipinski definition) is 0. The fourth-order valence-corrected chi connectivity index (χ4v) is 12.9. The van der Waals surface area contributed by atoms with Gasteiger partial charge in [-0.15, -0.1) is 11.3 Å². The molecule has 6 aromatic heterocycles. The van der Waals surface area contributed by atoms with Crippen molar-refractivity contribution >= 4 is 119 Å². The van der Waals surface area contributed by atoms with Gasteiger partial charge in [-0.2, -0.15) is 15.0 Å². The lowest BCUT2D eigenvalue weighted by Gasteiger charge is -2.21. The first kappa shape index (κ1) is 38.6. The van der Waals surface area contributed by atoms with Gasteiger partial charge in [0.15, 0.2) is 5.82 Å². The van der Waals surface area contributed by atoms with E-state index in [1.165, 1.54) is 36.3 Å². The molecule has 0 saturated carbocycles. The Hall–Kier alpha value is -9.37. The second-order valence-corrected chi connectivity index (χ2v) is 19.4. The molecule has 0 fully saturated rings. The van der Waals surface area contributed by atoms with Crippen molar-refractivity contribution in [1.82, 2.24) is 33.2 Å². The first-order valence-electron chi connectivity index (χ1n) is 24.0. The van der Waals surface area contributed by atoms with Crippen LogP contribution in [0.15, 0.2) is 224 Å². The minimum atomic E-state index is 0.529. The van der Waals surface area contributed by atoms with Crippen LogP contribution in [-0.4, -0.2) is 33.2 Å². The summed E-state index contributed by atoms with van der Waals surface area (Å²) in [5, 5.41) is 11.6. The molecule has 0 atom stereocenters. The van der Waals surface area contributed by atoms with Gasteiger partial charge < -0.3 is 9.13 Å². The Labute approximate surface area is 409 Å². The Morgan fingerprint density at radius 1 is 0.282 bits per heavy atom. The number of benzene rings is 10. The van der Waals surface area contributed by atoms with Crippen LogP contribution in [0.25, 0.3) is 142 Å². The second-order valence-electron chi connectivity index (χ2n) is 18.3. The molecule has 0 aliphatic heterocycles. The van der Waals surface area contributed by atoms with E-state index in [4.69, 9.17) is 15.0 Å². The van der Waals surface area contributed by atoms with Crippen molar-refractivity contribution in [2.24, 2.45) is 0 Å². The molecule has 0 aliphatic rings. The highest BCUT2D eigenvalue weighted by molar-refractivity contribution is 7.26. The third-order valence-corrected chi connectivity index (χ3v) is 15.8. The highest BCUT2D eigenvalue weighted by Crippen LogP contribution is 2.49. The van der Waals surface area contributed by atoms with E-state index in [-0.39, 0.29) is 0 Å². The molecule has 16 rings (SSSR count). The van der Waals surface area contributed by atoms with Crippen molar-refractivity contribution in [3.8, 4) is 34.7 Å². The molecule has 0 saturated heterocycles. The first-order valence-corrected chi connectivity index (χ1v) is 24.8. The monoisotopic (exact) mass is 923 g/mol. The fraction of sp³-hybridized carbons (Fsp3) is 0. The van der Waals surface area contributed by atoms with Crippen LogP contribution in [0.3, 0.4) is 0 Å². The lowest BCUT2D eigenvalue weighted by molar-refractivity contribution is 0.891. The van der Waals surface area contributed by atoms with Gasteiger partial charge in [-0.25, -0.2) is 0 Å². The van der Waals surface area contributed by atoms with Crippen molar-refractivity contribution in [3.63, 3.8) is 0 Å². The van der Waals surface area contributed by atoms with Crippen molar-refractivity contribution < 1.29 is 0 Å². The molecule has 0 bridgehead atoms. The fourth-order valence-electron chi connectivity index (χ4n) is 11.8. The second kappa shape index (κ2) is 14.6. The maximum Gasteiger partial charge on any atom is 0.240 e. The molecule has 330 valence electrons. The Bertz CT molecular complexity index is 4560. The van der Waals surface area contributed by atoms with E-state index in [2.05, 4.69) is 243 Å². The number of nitrogens with zero attached hydrogens (tertiary/aromatic N) is 7. The molecular weight excluding hydrogens is 887 g/mol. The normalized spacial score (nSPS) is 12.2. The Balaban J connectivity index is 1.17. The quantitative estimate of drug-likeness (QED) is 0.173. The number of rotatable bonds is 5. The predicted molar refractivity (Wildman–Crippen MR) is 296 cm³/mol. The van der Waals surface area contributed by atoms with Crippen LogP contribution in [0.4, 0.5) is 0 Å². The van der Waals surface area contributed by atoms with E-state index in [0.717, 1.165) is 88.0 Å². The summed E-state index contributed by atoms with van der Waals surface area (Å²) in [5.74, 6) is 1.61. The van der Waals surface area contributed by atoms with Crippen LogP contribution in [0.2, 0.25) is 0 Å². The average Bonchev–Trinajstić information content (AvgIpc) is 4.23. The van der Waals surface area contributed by atoms with Crippen LogP contribution in [0, 0.1) is 0 Å².